The lowest BCUT2D eigenvalue weighted by Gasteiger charge is -2.16. The molecule has 108 valence electrons. The molecule has 0 amide bonds. The van der Waals surface area contributed by atoms with Crippen LogP contribution in [0.3, 0.4) is 0 Å². The molecule has 0 N–H and O–H groups in total. The third-order valence-electron chi connectivity index (χ3n) is 2.76. The summed E-state index contributed by atoms with van der Waals surface area (Å²) in [5, 5.41) is 4.49. The molecule has 1 aromatic heterocycles. The first-order valence-electron chi connectivity index (χ1n) is 5.69. The zero-order valence-electron chi connectivity index (χ0n) is 10.9. The van der Waals surface area contributed by atoms with Gasteiger partial charge >= 0.3 is 0 Å². The number of sulfonamides is 1. The highest BCUT2D eigenvalue weighted by molar-refractivity contribution is 9.10. The highest BCUT2D eigenvalue weighted by atomic mass is 79.9. The third kappa shape index (κ3) is 3.22. The first kappa shape index (κ1) is 15.5. The van der Waals surface area contributed by atoms with Crippen molar-refractivity contribution in [2.24, 2.45) is 7.05 Å². The van der Waals surface area contributed by atoms with Crippen LogP contribution in [0.1, 0.15) is 5.56 Å². The SMILES string of the molecule is CN(Cc1cnn(C)c1)S(=O)(=O)c1ccc(Cl)c(Br)c1. The highest BCUT2D eigenvalue weighted by Gasteiger charge is 2.22. The van der Waals surface area contributed by atoms with Gasteiger partial charge in [-0.15, -0.1) is 0 Å². The molecule has 0 radical (unpaired) electrons. The molecule has 8 heteroatoms. The average molecular weight is 379 g/mol. The van der Waals surface area contributed by atoms with Gasteiger partial charge in [-0.05, 0) is 34.1 Å². The van der Waals surface area contributed by atoms with Crippen LogP contribution in [0.25, 0.3) is 0 Å². The highest BCUT2D eigenvalue weighted by Crippen LogP contribution is 2.27. The van der Waals surface area contributed by atoms with Crippen molar-refractivity contribution in [1.82, 2.24) is 14.1 Å². The van der Waals surface area contributed by atoms with E-state index < -0.39 is 10.0 Å². The number of aromatic nitrogens is 2. The van der Waals surface area contributed by atoms with E-state index in [2.05, 4.69) is 21.0 Å². The molecule has 0 saturated heterocycles. The molecule has 1 heterocycles. The van der Waals surface area contributed by atoms with Crippen molar-refractivity contribution in [3.05, 3.63) is 45.7 Å². The molecule has 0 fully saturated rings. The summed E-state index contributed by atoms with van der Waals surface area (Å²) in [6.45, 7) is 0.260. The number of benzene rings is 1. The van der Waals surface area contributed by atoms with Crippen molar-refractivity contribution >= 4 is 37.6 Å². The molecule has 0 saturated carbocycles. The summed E-state index contributed by atoms with van der Waals surface area (Å²) in [5.41, 5.74) is 0.826. The number of rotatable bonds is 4. The molecule has 5 nitrogen and oxygen atoms in total. The van der Waals surface area contributed by atoms with Crippen molar-refractivity contribution in [3.63, 3.8) is 0 Å². The minimum absolute atomic E-state index is 0.195. The maximum Gasteiger partial charge on any atom is 0.243 e. The predicted octanol–water partition coefficient (Wildman–Crippen LogP) is 2.66. The summed E-state index contributed by atoms with van der Waals surface area (Å²) in [6.07, 6.45) is 3.42. The van der Waals surface area contributed by atoms with Crippen molar-refractivity contribution < 1.29 is 8.42 Å². The maximum absolute atomic E-state index is 12.4. The van der Waals surface area contributed by atoms with Gasteiger partial charge in [0.1, 0.15) is 0 Å². The molecule has 0 unspecified atom stereocenters. The van der Waals surface area contributed by atoms with Crippen LogP contribution in [0.15, 0.2) is 40.0 Å². The molecule has 0 bridgehead atoms. The number of hydrogen-bond donors (Lipinski definition) is 0. The van der Waals surface area contributed by atoms with E-state index in [-0.39, 0.29) is 11.4 Å². The zero-order chi connectivity index (χ0) is 14.9. The van der Waals surface area contributed by atoms with Crippen LogP contribution in [0.2, 0.25) is 5.02 Å². The van der Waals surface area contributed by atoms with Crippen molar-refractivity contribution in [3.8, 4) is 0 Å². The van der Waals surface area contributed by atoms with E-state index in [1.165, 1.54) is 23.5 Å². The summed E-state index contributed by atoms with van der Waals surface area (Å²) >= 11 is 9.11. The molecule has 2 rings (SSSR count). The lowest BCUT2D eigenvalue weighted by molar-refractivity contribution is 0.466. The summed E-state index contributed by atoms with van der Waals surface area (Å²) in [6, 6.07) is 4.54. The van der Waals surface area contributed by atoms with E-state index in [9.17, 15) is 8.42 Å². The smallest absolute Gasteiger partial charge is 0.243 e. The Morgan fingerprint density at radius 3 is 2.70 bits per heavy atom. The summed E-state index contributed by atoms with van der Waals surface area (Å²) < 4.78 is 28.3. The first-order valence-corrected chi connectivity index (χ1v) is 8.31. The Hall–Kier alpha value is -0.890. The molecule has 0 aliphatic rings. The maximum atomic E-state index is 12.4. The summed E-state index contributed by atoms with van der Waals surface area (Å²) in [5.74, 6) is 0. The molecule has 0 atom stereocenters. The Kier molecular flexibility index (Phi) is 4.53. The Morgan fingerprint density at radius 2 is 2.15 bits per heavy atom. The van der Waals surface area contributed by atoms with Gasteiger partial charge < -0.3 is 0 Å². The van der Waals surface area contributed by atoms with E-state index >= 15 is 0 Å². The number of halogens is 2. The fourth-order valence-electron chi connectivity index (χ4n) is 1.71. The van der Waals surface area contributed by atoms with Crippen molar-refractivity contribution in [2.45, 2.75) is 11.4 Å². The minimum atomic E-state index is -3.56. The minimum Gasteiger partial charge on any atom is -0.275 e. The van der Waals surface area contributed by atoms with E-state index in [0.717, 1.165) is 5.56 Å². The van der Waals surface area contributed by atoms with E-state index in [0.29, 0.717) is 9.50 Å². The molecule has 0 aliphatic carbocycles. The second-order valence-corrected chi connectivity index (χ2v) is 7.67. The third-order valence-corrected chi connectivity index (χ3v) is 5.78. The van der Waals surface area contributed by atoms with E-state index in [1.807, 2.05) is 0 Å². The lowest BCUT2D eigenvalue weighted by Crippen LogP contribution is -2.26. The Labute approximate surface area is 131 Å². The fourth-order valence-corrected chi connectivity index (χ4v) is 3.55. The van der Waals surface area contributed by atoms with Crippen LogP contribution in [0, 0.1) is 0 Å². The molecular formula is C12H13BrClN3O2S. The van der Waals surface area contributed by atoms with Crippen LogP contribution in [-0.4, -0.2) is 29.6 Å². The number of nitrogens with zero attached hydrogens (tertiary/aromatic N) is 3. The van der Waals surface area contributed by atoms with Crippen LogP contribution in [0.5, 0.6) is 0 Å². The first-order chi connectivity index (χ1) is 9.30. The van der Waals surface area contributed by atoms with Gasteiger partial charge in [0.25, 0.3) is 0 Å². The standard InChI is InChI=1S/C12H13BrClN3O2S/c1-16-7-9(6-15-16)8-17(2)20(18,19)10-3-4-12(14)11(13)5-10/h3-7H,8H2,1-2H3. The van der Waals surface area contributed by atoms with Crippen molar-refractivity contribution in [2.75, 3.05) is 7.05 Å². The largest absolute Gasteiger partial charge is 0.275 e. The van der Waals surface area contributed by atoms with Crippen LogP contribution >= 0.6 is 27.5 Å². The summed E-state index contributed by atoms with van der Waals surface area (Å²) in [4.78, 5) is 0.195. The molecule has 0 spiro atoms. The van der Waals surface area contributed by atoms with Gasteiger partial charge in [-0.2, -0.15) is 9.40 Å². The molecule has 1 aromatic carbocycles. The average Bonchev–Trinajstić information content (AvgIpc) is 2.78. The Bertz CT molecular complexity index is 730. The topological polar surface area (TPSA) is 55.2 Å². The van der Waals surface area contributed by atoms with Gasteiger partial charge in [-0.1, -0.05) is 11.6 Å². The van der Waals surface area contributed by atoms with E-state index in [1.54, 1.807) is 30.2 Å². The quantitative estimate of drug-likeness (QED) is 0.822. The second kappa shape index (κ2) is 5.85. The van der Waals surface area contributed by atoms with Gasteiger partial charge in [-0.25, -0.2) is 8.42 Å². The Morgan fingerprint density at radius 1 is 1.45 bits per heavy atom. The van der Waals surface area contributed by atoms with Crippen LogP contribution < -0.4 is 0 Å². The van der Waals surface area contributed by atoms with Gasteiger partial charge in [0.05, 0.1) is 16.1 Å². The molecule has 20 heavy (non-hydrogen) atoms. The molecular weight excluding hydrogens is 366 g/mol. The van der Waals surface area contributed by atoms with Gasteiger partial charge in [0.15, 0.2) is 0 Å². The van der Waals surface area contributed by atoms with Crippen LogP contribution in [-0.2, 0) is 23.6 Å². The van der Waals surface area contributed by atoms with E-state index in [4.69, 9.17) is 11.6 Å². The summed E-state index contributed by atoms with van der Waals surface area (Å²) in [7, 11) is -0.241. The lowest BCUT2D eigenvalue weighted by atomic mass is 10.4. The van der Waals surface area contributed by atoms with Gasteiger partial charge in [0, 0.05) is 36.9 Å². The molecule has 0 aliphatic heterocycles. The van der Waals surface area contributed by atoms with Crippen molar-refractivity contribution in [1.29, 1.82) is 0 Å². The number of aryl methyl sites for hydroxylation is 1. The van der Waals surface area contributed by atoms with Gasteiger partial charge in [-0.3, -0.25) is 4.68 Å². The van der Waals surface area contributed by atoms with Crippen LogP contribution in [0.4, 0.5) is 0 Å². The Balaban J connectivity index is 2.27. The monoisotopic (exact) mass is 377 g/mol. The molecule has 2 aromatic rings. The second-order valence-electron chi connectivity index (χ2n) is 4.36. The van der Waals surface area contributed by atoms with Gasteiger partial charge in [0.2, 0.25) is 10.0 Å². The zero-order valence-corrected chi connectivity index (χ0v) is 14.1. The normalized spacial score (nSPS) is 12.1. The predicted molar refractivity (Wildman–Crippen MR) is 81.0 cm³/mol. The fraction of sp³-hybridized carbons (Fsp3) is 0.250. The number of hydrogen-bond acceptors (Lipinski definition) is 3.